The number of benzene rings is 2. The molecule has 5 atom stereocenters. The molecule has 0 aromatic heterocycles. The van der Waals surface area contributed by atoms with Crippen LogP contribution in [0.1, 0.15) is 71.3 Å². The highest BCUT2D eigenvalue weighted by molar-refractivity contribution is 6.50. The van der Waals surface area contributed by atoms with Crippen molar-refractivity contribution in [3.63, 3.8) is 0 Å². The predicted octanol–water partition coefficient (Wildman–Crippen LogP) is 2.78. The Bertz CT molecular complexity index is 1490. The van der Waals surface area contributed by atoms with Gasteiger partial charge in [0.15, 0.2) is 5.78 Å². The van der Waals surface area contributed by atoms with E-state index in [0.717, 1.165) is 16.3 Å². The fourth-order valence-electron chi connectivity index (χ4n) is 6.47. The lowest BCUT2D eigenvalue weighted by Gasteiger charge is -2.29. The summed E-state index contributed by atoms with van der Waals surface area (Å²) in [4.78, 5) is 78.4. The van der Waals surface area contributed by atoms with Crippen LogP contribution in [0, 0.1) is 11.8 Å². The zero-order valence-electron chi connectivity index (χ0n) is 28.9. The van der Waals surface area contributed by atoms with E-state index in [0.29, 0.717) is 19.3 Å². The van der Waals surface area contributed by atoms with Crippen LogP contribution in [-0.4, -0.2) is 93.6 Å². The Morgan fingerprint density at radius 3 is 2.31 bits per heavy atom. The largest absolute Gasteiger partial charge is 0.481 e. The quantitative estimate of drug-likeness (QED) is 0.139. The Morgan fingerprint density at radius 1 is 0.959 bits per heavy atom. The second-order valence-corrected chi connectivity index (χ2v) is 13.6. The van der Waals surface area contributed by atoms with Crippen LogP contribution in [0.25, 0.3) is 10.8 Å². The van der Waals surface area contributed by atoms with Crippen LogP contribution in [0.15, 0.2) is 42.5 Å². The van der Waals surface area contributed by atoms with Crippen LogP contribution in [0.5, 0.6) is 0 Å². The number of ketones is 2. The summed E-state index contributed by atoms with van der Waals surface area (Å²) < 4.78 is 0. The molecule has 2 aromatic carbocycles. The number of carbonyl (C=O) groups is 6. The number of carboxylic acids is 1. The Labute approximate surface area is 288 Å². The van der Waals surface area contributed by atoms with Crippen molar-refractivity contribution < 1.29 is 44.0 Å². The number of aliphatic hydroxyl groups excluding tert-OH is 1. The van der Waals surface area contributed by atoms with Gasteiger partial charge >= 0.3 is 5.97 Å². The van der Waals surface area contributed by atoms with E-state index in [9.17, 15) is 38.9 Å². The molecule has 13 heteroatoms. The third-order valence-electron chi connectivity index (χ3n) is 9.18. The number of Topliss-reactive ketones (excluding diaryl/α,β-unsaturated/α-hetero) is 2. The average Bonchev–Trinajstić information content (AvgIpc) is 3.55. The van der Waals surface area contributed by atoms with E-state index >= 15 is 0 Å². The summed E-state index contributed by atoms with van der Waals surface area (Å²) in [6.07, 6.45) is 0.786. The second kappa shape index (κ2) is 18.6. The lowest BCUT2D eigenvalue weighted by atomic mass is 9.54. The summed E-state index contributed by atoms with van der Waals surface area (Å²) >= 11 is 0. The standard InChI is InChI=1S/C36H50BN3O9/c1-22(2)17-27(37(4)49)20-32(43)30(19-25-11-7-10-24-9-5-6-12-29(24)25)39-35(47)31-13-8-16-40(31)36(48)23(3)38-34(46)26(21-41)18-28(42)14-15-33(44)45/h5-7,9-12,22-23,26-27,30-31,41,49H,8,13-21H2,1-4H3,(H,38,46)(H,39,47)(H,44,45)/t23-,26+,27-,30+,31+/m1/s1. The molecule has 266 valence electrons. The molecule has 1 aliphatic heterocycles. The molecule has 3 amide bonds. The number of aliphatic hydroxyl groups is 1. The van der Waals surface area contributed by atoms with Crippen LogP contribution >= 0.6 is 0 Å². The molecule has 0 aliphatic carbocycles. The van der Waals surface area contributed by atoms with E-state index in [2.05, 4.69) is 10.6 Å². The van der Waals surface area contributed by atoms with Crippen molar-refractivity contribution in [2.75, 3.05) is 13.2 Å². The molecule has 1 aliphatic rings. The third kappa shape index (κ3) is 11.5. The number of fused-ring (bicyclic) bond motifs is 1. The molecule has 0 saturated carbocycles. The summed E-state index contributed by atoms with van der Waals surface area (Å²) in [5.41, 5.74) is 0.879. The van der Waals surface area contributed by atoms with Crippen molar-refractivity contribution in [3.05, 3.63) is 48.0 Å². The first-order valence-corrected chi connectivity index (χ1v) is 17.1. The van der Waals surface area contributed by atoms with Gasteiger partial charge in [0.2, 0.25) is 17.7 Å². The van der Waals surface area contributed by atoms with E-state index in [1.807, 2.05) is 56.3 Å². The molecule has 2 aromatic rings. The first-order chi connectivity index (χ1) is 23.2. The van der Waals surface area contributed by atoms with Crippen molar-refractivity contribution >= 4 is 52.9 Å². The summed E-state index contributed by atoms with van der Waals surface area (Å²) in [7, 11) is 0. The molecular formula is C36H50BN3O9. The molecule has 0 bridgehead atoms. The van der Waals surface area contributed by atoms with E-state index in [4.69, 9.17) is 5.11 Å². The lowest BCUT2D eigenvalue weighted by molar-refractivity contribution is -0.142. The molecule has 49 heavy (non-hydrogen) atoms. The summed E-state index contributed by atoms with van der Waals surface area (Å²) in [5, 5.41) is 36.4. The molecule has 0 unspecified atom stereocenters. The number of carbonyl (C=O) groups excluding carboxylic acids is 5. The predicted molar refractivity (Wildman–Crippen MR) is 186 cm³/mol. The smallest absolute Gasteiger partial charge is 0.303 e. The Hall–Kier alpha value is -4.10. The van der Waals surface area contributed by atoms with Crippen molar-refractivity contribution in [2.24, 2.45) is 11.8 Å². The highest BCUT2D eigenvalue weighted by atomic mass is 16.4. The number of amides is 3. The highest BCUT2D eigenvalue weighted by Gasteiger charge is 2.39. The van der Waals surface area contributed by atoms with Gasteiger partial charge in [0.25, 0.3) is 6.92 Å². The van der Waals surface area contributed by atoms with Gasteiger partial charge in [0, 0.05) is 32.2 Å². The topological polar surface area (TPSA) is 190 Å². The molecule has 0 radical (unpaired) electrons. The first-order valence-electron chi connectivity index (χ1n) is 17.1. The van der Waals surface area contributed by atoms with Crippen LogP contribution < -0.4 is 10.6 Å². The van der Waals surface area contributed by atoms with Crippen LogP contribution in [0.4, 0.5) is 0 Å². The number of hydrogen-bond donors (Lipinski definition) is 5. The van der Waals surface area contributed by atoms with Crippen molar-refractivity contribution in [1.82, 2.24) is 15.5 Å². The maximum atomic E-state index is 13.9. The number of rotatable bonds is 19. The Balaban J connectivity index is 1.76. The summed E-state index contributed by atoms with van der Waals surface area (Å²) in [5.74, 6) is -4.80. The fourth-order valence-corrected chi connectivity index (χ4v) is 6.47. The molecule has 3 rings (SSSR count). The van der Waals surface area contributed by atoms with Gasteiger partial charge < -0.3 is 30.8 Å². The maximum absolute atomic E-state index is 13.9. The van der Waals surface area contributed by atoms with E-state index in [1.165, 1.54) is 11.8 Å². The van der Waals surface area contributed by atoms with Crippen LogP contribution in [-0.2, 0) is 35.2 Å². The number of aliphatic carboxylic acids is 1. The van der Waals surface area contributed by atoms with Gasteiger partial charge in [0.05, 0.1) is 25.0 Å². The molecule has 0 spiro atoms. The van der Waals surface area contributed by atoms with E-state index in [-0.39, 0.29) is 56.2 Å². The van der Waals surface area contributed by atoms with E-state index < -0.39 is 67.0 Å². The SMILES string of the molecule is CB(O)[C@@H](CC(=O)[C@H](Cc1cccc2ccccc12)NC(=O)[C@@H]1CCCN1C(=O)[C@@H](C)NC(=O)[C@H](CO)CC(=O)CCC(=O)O)CC(C)C. The fraction of sp³-hybridized carbons (Fsp3) is 0.556. The van der Waals surface area contributed by atoms with Gasteiger partial charge in [-0.05, 0) is 47.8 Å². The molecular weight excluding hydrogens is 629 g/mol. The van der Waals surface area contributed by atoms with Crippen LogP contribution in [0.3, 0.4) is 0 Å². The van der Waals surface area contributed by atoms with E-state index in [1.54, 1.807) is 6.82 Å². The molecule has 1 heterocycles. The van der Waals surface area contributed by atoms with Crippen molar-refractivity contribution in [1.29, 1.82) is 0 Å². The zero-order chi connectivity index (χ0) is 36.2. The zero-order valence-corrected chi connectivity index (χ0v) is 28.9. The monoisotopic (exact) mass is 679 g/mol. The lowest BCUT2D eigenvalue weighted by Crippen LogP contribution is -2.55. The number of likely N-dealkylation sites (tertiary alicyclic amines) is 1. The Morgan fingerprint density at radius 2 is 1.65 bits per heavy atom. The van der Waals surface area contributed by atoms with Gasteiger partial charge in [-0.15, -0.1) is 0 Å². The molecule has 12 nitrogen and oxygen atoms in total. The van der Waals surface area contributed by atoms with Gasteiger partial charge in [-0.1, -0.05) is 69.6 Å². The highest BCUT2D eigenvalue weighted by Crippen LogP contribution is 2.27. The van der Waals surface area contributed by atoms with Crippen LogP contribution in [0.2, 0.25) is 12.6 Å². The number of nitrogens with zero attached hydrogens (tertiary/aromatic N) is 1. The maximum Gasteiger partial charge on any atom is 0.303 e. The minimum Gasteiger partial charge on any atom is -0.481 e. The summed E-state index contributed by atoms with van der Waals surface area (Å²) in [6, 6.07) is 10.7. The van der Waals surface area contributed by atoms with Gasteiger partial charge in [-0.2, -0.15) is 0 Å². The van der Waals surface area contributed by atoms with Crippen molar-refractivity contribution in [3.8, 4) is 0 Å². The third-order valence-corrected chi connectivity index (χ3v) is 9.18. The average molecular weight is 680 g/mol. The molecule has 1 fully saturated rings. The number of nitrogens with one attached hydrogen (secondary N) is 2. The normalized spacial score (nSPS) is 16.9. The van der Waals surface area contributed by atoms with Crippen molar-refractivity contribution in [2.45, 2.75) is 103 Å². The van der Waals surface area contributed by atoms with Gasteiger partial charge in [-0.3, -0.25) is 28.8 Å². The molecule has 1 saturated heterocycles. The van der Waals surface area contributed by atoms with Gasteiger partial charge in [0.1, 0.15) is 17.9 Å². The molecule has 5 N–H and O–H groups in total. The second-order valence-electron chi connectivity index (χ2n) is 13.6. The number of carboxylic acid groups (broad SMARTS) is 1. The first kappa shape index (κ1) is 39.3. The number of hydrogen-bond acceptors (Lipinski definition) is 8. The van der Waals surface area contributed by atoms with Gasteiger partial charge in [-0.25, -0.2) is 0 Å². The summed E-state index contributed by atoms with van der Waals surface area (Å²) in [6.45, 7) is 6.04. The Kier molecular flexibility index (Phi) is 14.9. The minimum atomic E-state index is -1.16. The minimum absolute atomic E-state index is 0.0762.